The highest BCUT2D eigenvalue weighted by Crippen LogP contribution is 2.38. The molecule has 166 valence electrons. The van der Waals surface area contributed by atoms with Gasteiger partial charge in [0.2, 0.25) is 5.91 Å². The minimum atomic E-state index is -0.963. The average Bonchev–Trinajstić information content (AvgIpc) is 2.70. The standard InChI is InChI=1S/C24H35ClN2O2S/c1-4-8-19-13-16-23(18-11-14-20(25)15-12-18)27(24(19)28)21(5-2)17-26(6-3)30(29)22-9-7-10-22/h4,11-12,14-15,19,21-23H,1,5-10,13,16-17H2,2-3H3. The molecule has 2 aliphatic rings. The molecule has 3 rings (SSSR count). The zero-order valence-electron chi connectivity index (χ0n) is 18.3. The maximum absolute atomic E-state index is 13.6. The van der Waals surface area contributed by atoms with E-state index in [-0.39, 0.29) is 23.9 Å². The maximum atomic E-state index is 13.6. The fourth-order valence-electron chi connectivity index (χ4n) is 4.61. The largest absolute Gasteiger partial charge is 0.331 e. The fourth-order valence-corrected chi connectivity index (χ4v) is 6.47. The van der Waals surface area contributed by atoms with Crippen molar-refractivity contribution in [1.82, 2.24) is 9.21 Å². The van der Waals surface area contributed by atoms with Crippen LogP contribution in [0.3, 0.4) is 0 Å². The van der Waals surface area contributed by atoms with Crippen molar-refractivity contribution in [3.05, 3.63) is 47.5 Å². The number of allylic oxidation sites excluding steroid dienone is 1. The lowest BCUT2D eigenvalue weighted by atomic mass is 9.85. The number of carbonyl (C=O) groups excluding carboxylic acids is 1. The van der Waals surface area contributed by atoms with E-state index in [9.17, 15) is 9.00 Å². The number of amides is 1. The van der Waals surface area contributed by atoms with E-state index < -0.39 is 11.0 Å². The predicted molar refractivity (Wildman–Crippen MR) is 126 cm³/mol. The van der Waals surface area contributed by atoms with Crippen molar-refractivity contribution in [3.8, 4) is 0 Å². The van der Waals surface area contributed by atoms with Crippen molar-refractivity contribution in [2.45, 2.75) is 76.1 Å². The molecule has 4 unspecified atom stereocenters. The summed E-state index contributed by atoms with van der Waals surface area (Å²) >= 11 is 6.11. The first-order chi connectivity index (χ1) is 14.5. The molecule has 1 saturated carbocycles. The molecular formula is C24H35ClN2O2S. The third-order valence-electron chi connectivity index (χ3n) is 6.66. The van der Waals surface area contributed by atoms with Gasteiger partial charge in [0, 0.05) is 35.3 Å². The van der Waals surface area contributed by atoms with Gasteiger partial charge in [0.05, 0.1) is 17.0 Å². The molecule has 1 aromatic carbocycles. The van der Waals surface area contributed by atoms with Crippen LogP contribution in [0.25, 0.3) is 0 Å². The second-order valence-electron chi connectivity index (χ2n) is 8.48. The lowest BCUT2D eigenvalue weighted by Gasteiger charge is -2.45. The van der Waals surface area contributed by atoms with E-state index in [4.69, 9.17) is 11.6 Å². The first-order valence-corrected chi connectivity index (χ1v) is 12.9. The van der Waals surface area contributed by atoms with Crippen LogP contribution in [-0.4, -0.2) is 43.7 Å². The van der Waals surface area contributed by atoms with Gasteiger partial charge in [-0.3, -0.25) is 4.79 Å². The average molecular weight is 451 g/mol. The summed E-state index contributed by atoms with van der Waals surface area (Å²) in [7, 11) is -0.963. The van der Waals surface area contributed by atoms with Crippen molar-refractivity contribution < 1.29 is 9.00 Å². The number of nitrogens with zero attached hydrogens (tertiary/aromatic N) is 2. The molecule has 1 heterocycles. The number of hydrogen-bond acceptors (Lipinski definition) is 2. The number of rotatable bonds is 10. The number of likely N-dealkylation sites (N-methyl/N-ethyl adjacent to an activating group) is 1. The minimum absolute atomic E-state index is 0.00712. The Labute approximate surface area is 189 Å². The monoisotopic (exact) mass is 450 g/mol. The lowest BCUT2D eigenvalue weighted by molar-refractivity contribution is -0.145. The Kier molecular flexibility index (Phi) is 8.55. The SMILES string of the molecule is C=CCC1CCC(c2ccc(Cl)cc2)N(C(CC)CN(CC)S(=O)C2CCC2)C1=O. The van der Waals surface area contributed by atoms with E-state index in [0.717, 1.165) is 44.2 Å². The Morgan fingerprint density at radius 3 is 2.47 bits per heavy atom. The zero-order chi connectivity index (χ0) is 21.7. The Morgan fingerprint density at radius 2 is 1.93 bits per heavy atom. The van der Waals surface area contributed by atoms with E-state index >= 15 is 0 Å². The minimum Gasteiger partial charge on any atom is -0.331 e. The molecule has 0 spiro atoms. The highest BCUT2D eigenvalue weighted by molar-refractivity contribution is 7.83. The van der Waals surface area contributed by atoms with Crippen LogP contribution in [0.5, 0.6) is 0 Å². The van der Waals surface area contributed by atoms with Gasteiger partial charge in [-0.05, 0) is 56.2 Å². The molecule has 0 bridgehead atoms. The van der Waals surface area contributed by atoms with Crippen molar-refractivity contribution in [2.75, 3.05) is 13.1 Å². The summed E-state index contributed by atoms with van der Waals surface area (Å²) in [5.41, 5.74) is 1.13. The van der Waals surface area contributed by atoms with Crippen LogP contribution in [0.15, 0.2) is 36.9 Å². The number of carbonyl (C=O) groups is 1. The Hall–Kier alpha value is -1.17. The molecule has 4 atom stereocenters. The third-order valence-corrected chi connectivity index (χ3v) is 8.87. The summed E-state index contributed by atoms with van der Waals surface area (Å²) in [6, 6.07) is 7.96. The summed E-state index contributed by atoms with van der Waals surface area (Å²) in [6.07, 6.45) is 8.50. The molecule has 1 saturated heterocycles. The quantitative estimate of drug-likeness (QED) is 0.441. The van der Waals surface area contributed by atoms with E-state index in [1.54, 1.807) is 0 Å². The van der Waals surface area contributed by atoms with Crippen LogP contribution in [0, 0.1) is 5.92 Å². The second-order valence-corrected chi connectivity index (χ2v) is 10.7. The van der Waals surface area contributed by atoms with Gasteiger partial charge >= 0.3 is 0 Å². The van der Waals surface area contributed by atoms with Crippen molar-refractivity contribution in [3.63, 3.8) is 0 Å². The normalized spacial score (nSPS) is 24.5. The summed E-state index contributed by atoms with van der Waals surface area (Å²) in [5, 5.41) is 0.997. The number of likely N-dealkylation sites (tertiary alicyclic amines) is 1. The van der Waals surface area contributed by atoms with Crippen LogP contribution in [-0.2, 0) is 15.8 Å². The van der Waals surface area contributed by atoms with Gasteiger partial charge in [-0.2, -0.15) is 0 Å². The Balaban J connectivity index is 1.86. The van der Waals surface area contributed by atoms with Crippen LogP contribution in [0.1, 0.15) is 70.4 Å². The molecule has 6 heteroatoms. The lowest BCUT2D eigenvalue weighted by Crippen LogP contribution is -2.53. The van der Waals surface area contributed by atoms with Crippen LogP contribution >= 0.6 is 11.6 Å². The van der Waals surface area contributed by atoms with Gasteiger partial charge in [0.25, 0.3) is 0 Å². The summed E-state index contributed by atoms with van der Waals surface area (Å²) in [5.74, 6) is 0.200. The smallest absolute Gasteiger partial charge is 0.226 e. The van der Waals surface area contributed by atoms with Crippen LogP contribution in [0.2, 0.25) is 5.02 Å². The molecular weight excluding hydrogens is 416 g/mol. The zero-order valence-corrected chi connectivity index (χ0v) is 19.8. The summed E-state index contributed by atoms with van der Waals surface area (Å²) < 4.78 is 15.1. The number of benzene rings is 1. The summed E-state index contributed by atoms with van der Waals surface area (Å²) in [4.78, 5) is 15.7. The number of halogens is 1. The molecule has 1 aliphatic carbocycles. The van der Waals surface area contributed by atoms with Crippen molar-refractivity contribution in [2.24, 2.45) is 5.92 Å². The van der Waals surface area contributed by atoms with Crippen LogP contribution < -0.4 is 0 Å². The molecule has 0 aromatic heterocycles. The molecule has 4 nitrogen and oxygen atoms in total. The molecule has 0 radical (unpaired) electrons. The van der Waals surface area contributed by atoms with E-state index in [0.29, 0.717) is 23.2 Å². The highest BCUT2D eigenvalue weighted by Gasteiger charge is 2.40. The van der Waals surface area contributed by atoms with E-state index in [2.05, 4.69) is 29.6 Å². The third kappa shape index (κ3) is 5.17. The topological polar surface area (TPSA) is 40.6 Å². The maximum Gasteiger partial charge on any atom is 0.226 e. The Bertz CT molecular complexity index is 750. The first-order valence-electron chi connectivity index (χ1n) is 11.3. The molecule has 30 heavy (non-hydrogen) atoms. The molecule has 1 aromatic rings. The first kappa shape index (κ1) is 23.5. The van der Waals surface area contributed by atoms with Gasteiger partial charge in [-0.15, -0.1) is 6.58 Å². The summed E-state index contributed by atoms with van der Waals surface area (Å²) in [6.45, 7) is 9.45. The van der Waals surface area contributed by atoms with Gasteiger partial charge in [0.15, 0.2) is 0 Å². The number of hydrogen-bond donors (Lipinski definition) is 0. The highest BCUT2D eigenvalue weighted by atomic mass is 35.5. The molecule has 0 N–H and O–H groups in total. The Morgan fingerprint density at radius 1 is 1.23 bits per heavy atom. The van der Waals surface area contributed by atoms with Crippen LogP contribution in [0.4, 0.5) is 0 Å². The van der Waals surface area contributed by atoms with Crippen molar-refractivity contribution >= 4 is 28.5 Å². The van der Waals surface area contributed by atoms with Gasteiger partial charge in [-0.1, -0.05) is 50.1 Å². The fraction of sp³-hybridized carbons (Fsp3) is 0.625. The predicted octanol–water partition coefficient (Wildman–Crippen LogP) is 5.51. The van der Waals surface area contributed by atoms with E-state index in [1.807, 2.05) is 30.3 Å². The van der Waals surface area contributed by atoms with Crippen molar-refractivity contribution in [1.29, 1.82) is 0 Å². The molecule has 1 aliphatic heterocycles. The number of piperidine rings is 1. The van der Waals surface area contributed by atoms with E-state index in [1.165, 1.54) is 6.42 Å². The second kappa shape index (κ2) is 10.9. The van der Waals surface area contributed by atoms with Gasteiger partial charge in [-0.25, -0.2) is 8.51 Å². The molecule has 2 fully saturated rings. The molecule has 1 amide bonds. The van der Waals surface area contributed by atoms with Gasteiger partial charge < -0.3 is 4.90 Å². The van der Waals surface area contributed by atoms with Gasteiger partial charge in [0.1, 0.15) is 0 Å².